The Labute approximate surface area is 118 Å². The van der Waals surface area contributed by atoms with Gasteiger partial charge in [0.25, 0.3) is 0 Å². The van der Waals surface area contributed by atoms with Crippen LogP contribution in [0.25, 0.3) is 5.70 Å². The second kappa shape index (κ2) is 6.98. The van der Waals surface area contributed by atoms with Crippen LogP contribution in [0.2, 0.25) is 0 Å². The van der Waals surface area contributed by atoms with Gasteiger partial charge in [0.05, 0.1) is 5.70 Å². The summed E-state index contributed by atoms with van der Waals surface area (Å²) in [6.45, 7) is 4.14. The van der Waals surface area contributed by atoms with Crippen molar-refractivity contribution in [1.82, 2.24) is 5.32 Å². The normalized spacial score (nSPS) is 10.9. The Balaban J connectivity index is 2.90. The Kier molecular flexibility index (Phi) is 5.34. The topological polar surface area (TPSA) is 136 Å². The number of benzene rings is 1. The molecule has 0 fully saturated rings. The molecule has 6 nitrogen and oxygen atoms in total. The summed E-state index contributed by atoms with van der Waals surface area (Å²) < 4.78 is 0. The zero-order chi connectivity index (χ0) is 15.1. The number of nitrogens with one attached hydrogen (secondary N) is 1. The van der Waals surface area contributed by atoms with Gasteiger partial charge in [-0.15, -0.1) is 0 Å². The molecule has 0 aliphatic heterocycles. The van der Waals surface area contributed by atoms with Gasteiger partial charge in [0.15, 0.2) is 0 Å². The summed E-state index contributed by atoms with van der Waals surface area (Å²) in [6.07, 6.45) is 2.16. The Morgan fingerprint density at radius 1 is 1.20 bits per heavy atom. The van der Waals surface area contributed by atoms with E-state index < -0.39 is 0 Å². The van der Waals surface area contributed by atoms with Gasteiger partial charge in [0, 0.05) is 29.9 Å². The number of hydrogen-bond donors (Lipinski definition) is 6. The average molecular weight is 275 g/mol. The van der Waals surface area contributed by atoms with Crippen LogP contribution < -0.4 is 28.3 Å². The number of phenolic OH excluding ortho intramolecular Hbond substituents is 1. The van der Waals surface area contributed by atoms with Gasteiger partial charge in [-0.3, -0.25) is 0 Å². The molecule has 1 rings (SSSR count). The first-order valence-electron chi connectivity index (χ1n) is 6.09. The molecule has 108 valence electrons. The van der Waals surface area contributed by atoms with Gasteiger partial charge in [-0.1, -0.05) is 18.7 Å². The van der Waals surface area contributed by atoms with E-state index in [1.165, 1.54) is 0 Å². The lowest BCUT2D eigenvalue weighted by molar-refractivity contribution is 0.473. The summed E-state index contributed by atoms with van der Waals surface area (Å²) in [5.74, 6) is 0.192. The van der Waals surface area contributed by atoms with E-state index in [9.17, 15) is 5.11 Å². The standard InChI is InChI=1S/C14H21N5O/c1-9(15)6-7-19-12(14(17)18)8-11(16)10-4-2-3-5-13(10)20/h2-5,8,19-20H,1,6-7,15-18H2/b11-8-. The molecule has 20 heavy (non-hydrogen) atoms. The number of phenols is 1. The molecule has 0 aliphatic rings. The Bertz CT molecular complexity index is 544. The summed E-state index contributed by atoms with van der Waals surface area (Å²) in [5, 5.41) is 12.8. The molecular weight excluding hydrogens is 254 g/mol. The molecule has 6 heteroatoms. The molecule has 0 bridgehead atoms. The molecule has 0 aromatic heterocycles. The molecule has 0 heterocycles. The lowest BCUT2D eigenvalue weighted by atomic mass is 10.1. The fraction of sp³-hybridized carbons (Fsp3) is 0.143. The SMILES string of the molecule is C=C(N)CCNC(/C=C(\N)c1ccccc1O)=C(N)N. The first-order chi connectivity index (χ1) is 9.41. The number of aromatic hydroxyl groups is 1. The lowest BCUT2D eigenvalue weighted by Gasteiger charge is -2.11. The van der Waals surface area contributed by atoms with Crippen LogP contribution in [0.4, 0.5) is 0 Å². The molecule has 1 aromatic carbocycles. The van der Waals surface area contributed by atoms with Gasteiger partial charge < -0.3 is 33.4 Å². The summed E-state index contributed by atoms with van der Waals surface area (Å²) in [6, 6.07) is 6.74. The molecule has 0 atom stereocenters. The third-order valence-corrected chi connectivity index (χ3v) is 2.59. The van der Waals surface area contributed by atoms with E-state index >= 15 is 0 Å². The lowest BCUT2D eigenvalue weighted by Crippen LogP contribution is -2.24. The van der Waals surface area contributed by atoms with Gasteiger partial charge in [-0.25, -0.2) is 0 Å². The van der Waals surface area contributed by atoms with Crippen LogP contribution >= 0.6 is 0 Å². The summed E-state index contributed by atoms with van der Waals surface area (Å²) >= 11 is 0. The van der Waals surface area contributed by atoms with Crippen LogP contribution in [0.1, 0.15) is 12.0 Å². The van der Waals surface area contributed by atoms with Crippen LogP contribution in [0, 0.1) is 0 Å². The highest BCUT2D eigenvalue weighted by Crippen LogP contribution is 2.21. The van der Waals surface area contributed by atoms with E-state index in [0.29, 0.717) is 35.6 Å². The maximum absolute atomic E-state index is 9.73. The first kappa shape index (κ1) is 15.3. The van der Waals surface area contributed by atoms with Crippen molar-refractivity contribution in [3.05, 3.63) is 59.7 Å². The van der Waals surface area contributed by atoms with Crippen LogP contribution in [0.3, 0.4) is 0 Å². The molecular formula is C14H21N5O. The van der Waals surface area contributed by atoms with Crippen LogP contribution in [0.5, 0.6) is 5.75 Å². The molecule has 1 aromatic rings. The van der Waals surface area contributed by atoms with Crippen LogP contribution in [-0.4, -0.2) is 11.7 Å². The van der Waals surface area contributed by atoms with Crippen molar-refractivity contribution in [3.8, 4) is 5.75 Å². The highest BCUT2D eigenvalue weighted by molar-refractivity contribution is 5.69. The molecule has 0 unspecified atom stereocenters. The van der Waals surface area contributed by atoms with Crippen molar-refractivity contribution in [1.29, 1.82) is 0 Å². The van der Waals surface area contributed by atoms with Crippen molar-refractivity contribution < 1.29 is 5.11 Å². The maximum atomic E-state index is 9.73. The first-order valence-corrected chi connectivity index (χ1v) is 6.09. The van der Waals surface area contributed by atoms with E-state index in [1.807, 2.05) is 0 Å². The molecule has 0 saturated carbocycles. The van der Waals surface area contributed by atoms with E-state index in [2.05, 4.69) is 11.9 Å². The number of hydrogen-bond acceptors (Lipinski definition) is 6. The highest BCUT2D eigenvalue weighted by atomic mass is 16.3. The van der Waals surface area contributed by atoms with E-state index in [1.54, 1.807) is 30.3 Å². The van der Waals surface area contributed by atoms with Crippen molar-refractivity contribution >= 4 is 5.70 Å². The summed E-state index contributed by atoms with van der Waals surface area (Å²) in [4.78, 5) is 0. The predicted octanol–water partition coefficient (Wildman–Crippen LogP) is 0.230. The van der Waals surface area contributed by atoms with E-state index in [0.717, 1.165) is 0 Å². The molecule has 0 radical (unpaired) electrons. The predicted molar refractivity (Wildman–Crippen MR) is 81.6 cm³/mol. The largest absolute Gasteiger partial charge is 0.507 e. The van der Waals surface area contributed by atoms with Crippen LogP contribution in [-0.2, 0) is 0 Å². The van der Waals surface area contributed by atoms with Crippen molar-refractivity contribution in [2.24, 2.45) is 22.9 Å². The molecule has 0 amide bonds. The number of nitrogens with two attached hydrogens (primary N) is 4. The van der Waals surface area contributed by atoms with Crippen LogP contribution in [0.15, 0.2) is 54.1 Å². The maximum Gasteiger partial charge on any atom is 0.124 e. The molecule has 0 aliphatic carbocycles. The second-order valence-corrected chi connectivity index (χ2v) is 4.32. The third kappa shape index (κ3) is 4.49. The highest BCUT2D eigenvalue weighted by Gasteiger charge is 2.05. The van der Waals surface area contributed by atoms with E-state index in [-0.39, 0.29) is 11.6 Å². The number of para-hydroxylation sites is 1. The van der Waals surface area contributed by atoms with Crippen molar-refractivity contribution in [2.75, 3.05) is 6.54 Å². The molecule has 0 saturated heterocycles. The fourth-order valence-corrected chi connectivity index (χ4v) is 1.55. The van der Waals surface area contributed by atoms with Crippen molar-refractivity contribution in [3.63, 3.8) is 0 Å². The Morgan fingerprint density at radius 3 is 2.40 bits per heavy atom. The Morgan fingerprint density at radius 2 is 1.85 bits per heavy atom. The summed E-state index contributed by atoms with van der Waals surface area (Å²) in [5.41, 5.74) is 24.5. The summed E-state index contributed by atoms with van der Waals surface area (Å²) in [7, 11) is 0. The van der Waals surface area contributed by atoms with Gasteiger partial charge in [-0.2, -0.15) is 0 Å². The van der Waals surface area contributed by atoms with Gasteiger partial charge in [-0.05, 0) is 18.2 Å². The minimum absolute atomic E-state index is 0.0894. The monoisotopic (exact) mass is 275 g/mol. The molecule has 10 N–H and O–H groups in total. The minimum Gasteiger partial charge on any atom is -0.507 e. The van der Waals surface area contributed by atoms with Gasteiger partial charge >= 0.3 is 0 Å². The zero-order valence-corrected chi connectivity index (χ0v) is 11.3. The third-order valence-electron chi connectivity index (χ3n) is 2.59. The average Bonchev–Trinajstić information content (AvgIpc) is 2.37. The fourth-order valence-electron chi connectivity index (χ4n) is 1.55. The van der Waals surface area contributed by atoms with Gasteiger partial charge in [0.1, 0.15) is 11.6 Å². The minimum atomic E-state index is 0.0894. The Hall–Kier alpha value is -2.76. The van der Waals surface area contributed by atoms with Crippen molar-refractivity contribution in [2.45, 2.75) is 6.42 Å². The quantitative estimate of drug-likeness (QED) is 0.411. The number of rotatable bonds is 6. The zero-order valence-electron chi connectivity index (χ0n) is 11.3. The van der Waals surface area contributed by atoms with E-state index in [4.69, 9.17) is 22.9 Å². The number of allylic oxidation sites excluding steroid dienone is 1. The second-order valence-electron chi connectivity index (χ2n) is 4.32. The van der Waals surface area contributed by atoms with Gasteiger partial charge in [0.2, 0.25) is 0 Å². The smallest absolute Gasteiger partial charge is 0.124 e. The molecule has 0 spiro atoms.